The lowest BCUT2D eigenvalue weighted by molar-refractivity contribution is -0.141. The SMILES string of the molecule is Cc1oc(-c2c(F)ccc3c2nc(O[C@@H]2C[C@H]4C(=O)N[C@]5(C(=O)NS(=O)(=O)N(C)C)C[C@H]5/C=C\CCCCC[C@H](NC(=O)OC(C)(C)C)C(=O)N4C2)n3C(C)C)nc1C(C)C. The van der Waals surface area contributed by atoms with Gasteiger partial charge in [0.15, 0.2) is 0 Å². The zero-order valence-corrected chi connectivity index (χ0v) is 37.4. The molecule has 2 fully saturated rings. The van der Waals surface area contributed by atoms with Crippen molar-refractivity contribution in [2.24, 2.45) is 5.92 Å². The molecule has 6 rings (SSSR count). The highest BCUT2D eigenvalue weighted by atomic mass is 32.2. The number of ether oxygens (including phenoxy) is 2. The largest absolute Gasteiger partial charge is 0.459 e. The molecule has 0 bridgehead atoms. The molecule has 1 saturated carbocycles. The highest BCUT2D eigenvalue weighted by Crippen LogP contribution is 2.46. The first-order chi connectivity index (χ1) is 28.5. The molecule has 4 heterocycles. The number of nitrogens with one attached hydrogen (secondary N) is 3. The summed E-state index contributed by atoms with van der Waals surface area (Å²) in [6, 6.07) is 0.473. The van der Waals surface area contributed by atoms with Crippen LogP contribution in [0.25, 0.3) is 22.5 Å². The molecule has 334 valence electrons. The lowest BCUT2D eigenvalue weighted by atomic mass is 10.0. The van der Waals surface area contributed by atoms with Crippen LogP contribution in [0.1, 0.15) is 117 Å². The molecule has 4 amide bonds. The summed E-state index contributed by atoms with van der Waals surface area (Å²) in [5.41, 5.74) is -0.920. The number of allylic oxidation sites excluding steroid dienone is 1. The zero-order valence-electron chi connectivity index (χ0n) is 36.6. The van der Waals surface area contributed by atoms with Crippen molar-refractivity contribution in [3.8, 4) is 17.5 Å². The molecular formula is C42H59FN8O9S. The van der Waals surface area contributed by atoms with Crippen LogP contribution in [0.15, 0.2) is 28.7 Å². The van der Waals surface area contributed by atoms with Gasteiger partial charge in [0, 0.05) is 32.5 Å². The third kappa shape index (κ3) is 9.72. The summed E-state index contributed by atoms with van der Waals surface area (Å²) in [4.78, 5) is 66.9. The fourth-order valence-electron chi connectivity index (χ4n) is 8.02. The number of hydrogen-bond acceptors (Lipinski definition) is 11. The summed E-state index contributed by atoms with van der Waals surface area (Å²) < 4.78 is 64.1. The second kappa shape index (κ2) is 17.4. The second-order valence-electron chi connectivity index (χ2n) is 18.0. The zero-order chi connectivity index (χ0) is 44.8. The van der Waals surface area contributed by atoms with Crippen molar-refractivity contribution in [3.05, 3.63) is 41.6 Å². The van der Waals surface area contributed by atoms with Crippen molar-refractivity contribution in [1.29, 1.82) is 0 Å². The van der Waals surface area contributed by atoms with E-state index in [2.05, 4.69) is 20.3 Å². The molecule has 0 unspecified atom stereocenters. The number of carbonyl (C=O) groups is 4. The molecule has 1 aromatic carbocycles. The first-order valence-electron chi connectivity index (χ1n) is 20.9. The van der Waals surface area contributed by atoms with Gasteiger partial charge in [0.2, 0.25) is 17.7 Å². The summed E-state index contributed by atoms with van der Waals surface area (Å²) in [6.07, 6.45) is 5.08. The normalized spacial score (nSPS) is 24.5. The Morgan fingerprint density at radius 2 is 1.82 bits per heavy atom. The minimum atomic E-state index is -4.21. The number of amides is 4. The Morgan fingerprint density at radius 3 is 2.46 bits per heavy atom. The highest BCUT2D eigenvalue weighted by molar-refractivity contribution is 7.87. The third-order valence-corrected chi connectivity index (χ3v) is 12.6. The summed E-state index contributed by atoms with van der Waals surface area (Å²) in [6.45, 7) is 14.5. The first-order valence-corrected chi connectivity index (χ1v) is 22.3. The van der Waals surface area contributed by atoms with E-state index >= 15 is 4.39 Å². The minimum absolute atomic E-state index is 0.0263. The van der Waals surface area contributed by atoms with E-state index in [0.717, 1.165) is 10.7 Å². The van der Waals surface area contributed by atoms with Gasteiger partial charge in [0.25, 0.3) is 11.9 Å². The minimum Gasteiger partial charge on any atom is -0.459 e. The second-order valence-corrected chi connectivity index (χ2v) is 19.9. The Kier molecular flexibility index (Phi) is 13.0. The number of rotatable bonds is 9. The van der Waals surface area contributed by atoms with Gasteiger partial charge in [0.1, 0.15) is 52.0 Å². The van der Waals surface area contributed by atoms with Crippen molar-refractivity contribution in [2.45, 2.75) is 142 Å². The Morgan fingerprint density at radius 1 is 1.10 bits per heavy atom. The molecule has 17 nitrogen and oxygen atoms in total. The number of carbonyl (C=O) groups excluding carboxylic acids is 4. The summed E-state index contributed by atoms with van der Waals surface area (Å²) >= 11 is 0. The molecule has 0 spiro atoms. The van der Waals surface area contributed by atoms with Gasteiger partial charge in [-0.25, -0.2) is 18.9 Å². The number of alkyl carbamates (subject to hydrolysis) is 1. The van der Waals surface area contributed by atoms with E-state index in [-0.39, 0.29) is 60.7 Å². The lowest BCUT2D eigenvalue weighted by Gasteiger charge is -2.30. The van der Waals surface area contributed by atoms with E-state index in [4.69, 9.17) is 18.9 Å². The Labute approximate surface area is 356 Å². The van der Waals surface area contributed by atoms with Crippen molar-refractivity contribution in [3.63, 3.8) is 0 Å². The van der Waals surface area contributed by atoms with Crippen LogP contribution in [0.5, 0.6) is 6.01 Å². The lowest BCUT2D eigenvalue weighted by Crippen LogP contribution is -2.58. The quantitative estimate of drug-likeness (QED) is 0.232. The van der Waals surface area contributed by atoms with Crippen LogP contribution < -0.4 is 20.1 Å². The number of aromatic nitrogens is 3. The standard InChI is InChI=1S/C42H59FN8O9S/c1-23(2)33-25(5)58-36(45-33)32-28(43)18-19-30-34(32)46-39(51(30)24(3)4)59-27-20-31-35(52)47-42(38(54)48-61(56,57)49(9)10)21-26(42)16-14-12-11-13-15-17-29(37(53)50(31)22-27)44-40(55)60-41(6,7)8/h14,16,18-19,23-24,26-27,29,31H,11-13,15,17,20-22H2,1-10H3,(H,44,55)(H,47,52)(H,48,54)/b16-14-/t26-,27-,29+,31+,42-/m1/s1. The molecule has 1 aliphatic carbocycles. The molecule has 2 aromatic heterocycles. The Bertz CT molecular complexity index is 2310. The van der Waals surface area contributed by atoms with E-state index in [0.29, 0.717) is 36.2 Å². The highest BCUT2D eigenvalue weighted by Gasteiger charge is 2.62. The molecule has 61 heavy (non-hydrogen) atoms. The van der Waals surface area contributed by atoms with Crippen molar-refractivity contribution in [1.82, 2.24) is 39.1 Å². The van der Waals surface area contributed by atoms with Crippen LogP contribution in [0.3, 0.4) is 0 Å². The van der Waals surface area contributed by atoms with Gasteiger partial charge in [-0.15, -0.1) is 0 Å². The maximum atomic E-state index is 15.7. The van der Waals surface area contributed by atoms with Crippen LogP contribution in [0.4, 0.5) is 9.18 Å². The number of benzene rings is 1. The molecule has 3 aliphatic rings. The maximum absolute atomic E-state index is 15.7. The first kappa shape index (κ1) is 45.5. The molecule has 19 heteroatoms. The van der Waals surface area contributed by atoms with Crippen LogP contribution in [-0.2, 0) is 29.3 Å². The van der Waals surface area contributed by atoms with Crippen LogP contribution in [0, 0.1) is 18.7 Å². The Hall–Kier alpha value is -5.04. The van der Waals surface area contributed by atoms with Crippen LogP contribution in [0.2, 0.25) is 0 Å². The van der Waals surface area contributed by atoms with Gasteiger partial charge in [-0.05, 0) is 85.3 Å². The summed E-state index contributed by atoms with van der Waals surface area (Å²) in [5.74, 6) is -2.62. The topological polar surface area (TPSA) is 207 Å². The van der Waals surface area contributed by atoms with Gasteiger partial charge >= 0.3 is 16.3 Å². The van der Waals surface area contributed by atoms with E-state index < -0.39 is 75.1 Å². The number of halogens is 1. The van der Waals surface area contributed by atoms with E-state index in [1.54, 1.807) is 38.3 Å². The number of imidazole rings is 1. The predicted molar refractivity (Wildman–Crippen MR) is 224 cm³/mol. The van der Waals surface area contributed by atoms with Crippen LogP contribution in [-0.4, -0.2) is 106 Å². The van der Waals surface area contributed by atoms with Crippen LogP contribution >= 0.6 is 0 Å². The van der Waals surface area contributed by atoms with Gasteiger partial charge in [0.05, 0.1) is 17.8 Å². The number of nitrogens with zero attached hydrogens (tertiary/aromatic N) is 5. The fraction of sp³-hybridized carbons (Fsp3) is 0.619. The average Bonchev–Trinajstić information content (AvgIpc) is 3.41. The van der Waals surface area contributed by atoms with Gasteiger partial charge in [-0.1, -0.05) is 38.8 Å². The molecule has 0 radical (unpaired) electrons. The summed E-state index contributed by atoms with van der Waals surface area (Å²) in [7, 11) is -1.66. The van der Waals surface area contributed by atoms with E-state index in [1.165, 1.54) is 25.1 Å². The predicted octanol–water partition coefficient (Wildman–Crippen LogP) is 5.40. The number of aryl methyl sites for hydroxylation is 1. The van der Waals surface area contributed by atoms with Gasteiger partial charge in [-0.2, -0.15) is 17.7 Å². The maximum Gasteiger partial charge on any atom is 0.408 e. The monoisotopic (exact) mass is 870 g/mol. The number of oxazole rings is 1. The van der Waals surface area contributed by atoms with E-state index in [9.17, 15) is 27.6 Å². The average molecular weight is 871 g/mol. The molecule has 1 saturated heterocycles. The molecule has 3 aromatic rings. The number of fused-ring (bicyclic) bond motifs is 3. The molecule has 5 atom stereocenters. The van der Waals surface area contributed by atoms with Gasteiger partial charge in [-0.3, -0.25) is 19.0 Å². The molecular weight excluding hydrogens is 812 g/mol. The van der Waals surface area contributed by atoms with Crippen molar-refractivity contribution < 1.29 is 45.9 Å². The van der Waals surface area contributed by atoms with E-state index in [1.807, 2.05) is 39.8 Å². The molecule has 3 N–H and O–H groups in total. The Balaban J connectivity index is 1.38. The smallest absolute Gasteiger partial charge is 0.408 e. The molecule has 2 aliphatic heterocycles. The fourth-order valence-corrected chi connectivity index (χ4v) is 8.61. The third-order valence-electron chi connectivity index (χ3n) is 11.2. The van der Waals surface area contributed by atoms with Crippen molar-refractivity contribution >= 4 is 45.1 Å². The van der Waals surface area contributed by atoms with Crippen molar-refractivity contribution in [2.75, 3.05) is 20.6 Å². The number of hydrogen-bond donors (Lipinski definition) is 3. The van der Waals surface area contributed by atoms with Gasteiger partial charge < -0.3 is 29.4 Å². The summed E-state index contributed by atoms with van der Waals surface area (Å²) in [5, 5.41) is 5.56.